The van der Waals surface area contributed by atoms with Gasteiger partial charge in [0, 0.05) is 23.2 Å². The monoisotopic (exact) mass is 322 g/mol. The molecule has 1 aromatic carbocycles. The highest BCUT2D eigenvalue weighted by atomic mass is 32.1. The van der Waals surface area contributed by atoms with Gasteiger partial charge >= 0.3 is 5.69 Å². The topological polar surface area (TPSA) is 89.3 Å². The number of nitro benzene ring substituents is 1. The third kappa shape index (κ3) is 3.71. The molecule has 8 heteroatoms. The number of rotatable bonds is 7. The summed E-state index contributed by atoms with van der Waals surface area (Å²) in [7, 11) is 1.41. The van der Waals surface area contributed by atoms with E-state index in [4.69, 9.17) is 4.74 Å². The second-order valence-corrected chi connectivity index (χ2v) is 5.48. The lowest BCUT2D eigenvalue weighted by Crippen LogP contribution is -2.17. The number of anilines is 2. The molecule has 1 aromatic heterocycles. The van der Waals surface area contributed by atoms with Crippen LogP contribution in [0.4, 0.5) is 16.5 Å². The van der Waals surface area contributed by atoms with Gasteiger partial charge in [-0.05, 0) is 25.6 Å². The first-order chi connectivity index (χ1) is 10.5. The Balaban J connectivity index is 2.17. The molecule has 0 radical (unpaired) electrons. The van der Waals surface area contributed by atoms with Gasteiger partial charge in [0.1, 0.15) is 0 Å². The van der Waals surface area contributed by atoms with Crippen LogP contribution in [0.15, 0.2) is 23.6 Å². The fourth-order valence-corrected chi connectivity index (χ4v) is 2.81. The molecule has 2 aromatic rings. The van der Waals surface area contributed by atoms with E-state index in [0.717, 1.165) is 12.2 Å². The molecule has 0 aliphatic heterocycles. The second-order valence-electron chi connectivity index (χ2n) is 4.63. The highest BCUT2D eigenvalue weighted by Crippen LogP contribution is 2.32. The SMILES string of the molecule is CCNC(C)c1csc(Nc2ccc(OC)c([N+](=O)[O-])c2)n1. The molecule has 0 aliphatic rings. The number of nitro groups is 1. The highest BCUT2D eigenvalue weighted by molar-refractivity contribution is 7.13. The van der Waals surface area contributed by atoms with Crippen LogP contribution in [-0.4, -0.2) is 23.6 Å². The number of methoxy groups -OCH3 is 1. The van der Waals surface area contributed by atoms with Gasteiger partial charge in [0.15, 0.2) is 10.9 Å². The number of ether oxygens (including phenoxy) is 1. The Kier molecular flexibility index (Phi) is 5.29. The Labute approximate surface area is 132 Å². The van der Waals surface area contributed by atoms with Crippen molar-refractivity contribution in [2.24, 2.45) is 0 Å². The first kappa shape index (κ1) is 16.2. The predicted molar refractivity (Wildman–Crippen MR) is 87.1 cm³/mol. The van der Waals surface area contributed by atoms with Crippen LogP contribution < -0.4 is 15.4 Å². The van der Waals surface area contributed by atoms with Crippen LogP contribution in [0.1, 0.15) is 25.6 Å². The van der Waals surface area contributed by atoms with E-state index < -0.39 is 4.92 Å². The van der Waals surface area contributed by atoms with Crippen LogP contribution in [0.5, 0.6) is 5.75 Å². The van der Waals surface area contributed by atoms with Crippen molar-refractivity contribution in [3.05, 3.63) is 39.4 Å². The maximum atomic E-state index is 11.0. The normalized spacial score (nSPS) is 12.0. The molecule has 0 spiro atoms. The highest BCUT2D eigenvalue weighted by Gasteiger charge is 2.16. The van der Waals surface area contributed by atoms with Crippen LogP contribution in [0.3, 0.4) is 0 Å². The maximum Gasteiger partial charge on any atom is 0.312 e. The van der Waals surface area contributed by atoms with Crippen LogP contribution in [0.2, 0.25) is 0 Å². The average molecular weight is 322 g/mol. The lowest BCUT2D eigenvalue weighted by atomic mass is 10.2. The molecule has 1 heterocycles. The fraction of sp³-hybridized carbons (Fsp3) is 0.357. The Hall–Kier alpha value is -2.19. The number of benzene rings is 1. The van der Waals surface area contributed by atoms with Crippen molar-refractivity contribution in [1.29, 1.82) is 0 Å². The van der Waals surface area contributed by atoms with E-state index >= 15 is 0 Å². The van der Waals surface area contributed by atoms with Gasteiger partial charge < -0.3 is 15.4 Å². The van der Waals surface area contributed by atoms with E-state index in [2.05, 4.69) is 15.6 Å². The van der Waals surface area contributed by atoms with Gasteiger partial charge in [-0.2, -0.15) is 0 Å². The summed E-state index contributed by atoms with van der Waals surface area (Å²) >= 11 is 1.46. The Morgan fingerprint density at radius 2 is 2.27 bits per heavy atom. The van der Waals surface area contributed by atoms with Gasteiger partial charge in [-0.1, -0.05) is 6.92 Å². The molecule has 22 heavy (non-hydrogen) atoms. The summed E-state index contributed by atoms with van der Waals surface area (Å²) in [6, 6.07) is 4.90. The van der Waals surface area contributed by atoms with Gasteiger partial charge in [0.2, 0.25) is 0 Å². The summed E-state index contributed by atoms with van der Waals surface area (Å²) in [5, 5.41) is 20.1. The summed E-state index contributed by atoms with van der Waals surface area (Å²) in [5.41, 5.74) is 1.46. The fourth-order valence-electron chi connectivity index (χ4n) is 1.99. The van der Waals surface area contributed by atoms with Crippen molar-refractivity contribution >= 4 is 27.8 Å². The van der Waals surface area contributed by atoms with Gasteiger partial charge in [0.25, 0.3) is 0 Å². The molecule has 2 N–H and O–H groups in total. The van der Waals surface area contributed by atoms with Crippen LogP contribution in [-0.2, 0) is 0 Å². The summed E-state index contributed by atoms with van der Waals surface area (Å²) in [6.07, 6.45) is 0. The molecule has 0 amide bonds. The Morgan fingerprint density at radius 3 is 2.91 bits per heavy atom. The quantitative estimate of drug-likeness (QED) is 0.599. The van der Waals surface area contributed by atoms with E-state index in [0.29, 0.717) is 10.8 Å². The second kappa shape index (κ2) is 7.19. The van der Waals surface area contributed by atoms with Gasteiger partial charge in [-0.3, -0.25) is 10.1 Å². The minimum Gasteiger partial charge on any atom is -0.490 e. The maximum absolute atomic E-state index is 11.0. The van der Waals surface area contributed by atoms with Gasteiger partial charge in [-0.25, -0.2) is 4.98 Å². The Morgan fingerprint density at radius 1 is 1.50 bits per heavy atom. The van der Waals surface area contributed by atoms with E-state index in [-0.39, 0.29) is 17.5 Å². The molecule has 2 rings (SSSR count). The molecule has 1 atom stereocenters. The molecular formula is C14H18N4O3S. The third-order valence-electron chi connectivity index (χ3n) is 3.10. The smallest absolute Gasteiger partial charge is 0.312 e. The number of aromatic nitrogens is 1. The van der Waals surface area contributed by atoms with E-state index in [1.165, 1.54) is 24.5 Å². The zero-order chi connectivity index (χ0) is 16.1. The van der Waals surface area contributed by atoms with Gasteiger partial charge in [0.05, 0.1) is 17.7 Å². The van der Waals surface area contributed by atoms with Crippen molar-refractivity contribution in [3.8, 4) is 5.75 Å². The summed E-state index contributed by atoms with van der Waals surface area (Å²) in [4.78, 5) is 15.0. The first-order valence-electron chi connectivity index (χ1n) is 6.83. The number of hydrogen-bond acceptors (Lipinski definition) is 7. The predicted octanol–water partition coefficient (Wildman–Crippen LogP) is 3.47. The van der Waals surface area contributed by atoms with E-state index in [9.17, 15) is 10.1 Å². The first-order valence-corrected chi connectivity index (χ1v) is 7.71. The zero-order valence-corrected chi connectivity index (χ0v) is 13.4. The largest absolute Gasteiger partial charge is 0.490 e. The standard InChI is InChI=1S/C14H18N4O3S/c1-4-15-9(2)11-8-22-14(17-11)16-10-5-6-13(21-3)12(7-10)18(19)20/h5-9,15H,4H2,1-3H3,(H,16,17). The average Bonchev–Trinajstić information content (AvgIpc) is 2.96. The molecule has 7 nitrogen and oxygen atoms in total. The van der Waals surface area contributed by atoms with Crippen molar-refractivity contribution in [1.82, 2.24) is 10.3 Å². The summed E-state index contributed by atoms with van der Waals surface area (Å²) in [5.74, 6) is 0.233. The molecule has 0 aliphatic carbocycles. The molecule has 0 bridgehead atoms. The van der Waals surface area contributed by atoms with Crippen LogP contribution in [0.25, 0.3) is 0 Å². The number of nitrogens with zero attached hydrogens (tertiary/aromatic N) is 2. The number of thiazole rings is 1. The van der Waals surface area contributed by atoms with Crippen LogP contribution >= 0.6 is 11.3 Å². The number of nitrogens with one attached hydrogen (secondary N) is 2. The van der Waals surface area contributed by atoms with Crippen LogP contribution in [0, 0.1) is 10.1 Å². The summed E-state index contributed by atoms with van der Waals surface area (Å²) in [6.45, 7) is 4.95. The lowest BCUT2D eigenvalue weighted by molar-refractivity contribution is -0.385. The minimum absolute atomic E-state index is 0.0784. The molecule has 1 unspecified atom stereocenters. The molecule has 0 saturated heterocycles. The minimum atomic E-state index is -0.468. The molecule has 0 fully saturated rings. The Bertz CT molecular complexity index is 659. The lowest BCUT2D eigenvalue weighted by Gasteiger charge is -2.08. The third-order valence-corrected chi connectivity index (χ3v) is 3.88. The summed E-state index contributed by atoms with van der Waals surface area (Å²) < 4.78 is 4.98. The van der Waals surface area contributed by atoms with E-state index in [1.54, 1.807) is 12.1 Å². The van der Waals surface area contributed by atoms with Crippen molar-refractivity contribution in [2.45, 2.75) is 19.9 Å². The molecular weight excluding hydrogens is 304 g/mol. The number of hydrogen-bond donors (Lipinski definition) is 2. The van der Waals surface area contributed by atoms with Crippen molar-refractivity contribution in [3.63, 3.8) is 0 Å². The van der Waals surface area contributed by atoms with Crippen molar-refractivity contribution < 1.29 is 9.66 Å². The zero-order valence-electron chi connectivity index (χ0n) is 12.6. The molecule has 0 saturated carbocycles. The molecule has 118 valence electrons. The van der Waals surface area contributed by atoms with E-state index in [1.807, 2.05) is 19.2 Å². The van der Waals surface area contributed by atoms with Crippen molar-refractivity contribution in [2.75, 3.05) is 19.0 Å². The van der Waals surface area contributed by atoms with Gasteiger partial charge in [-0.15, -0.1) is 11.3 Å².